The second-order valence-corrected chi connectivity index (χ2v) is 6.90. The average Bonchev–Trinajstić information content (AvgIpc) is 3.16. The SMILES string of the molecule is COCc1nc(C(=O)N2CCN(C3CCCC3O)CC2)cs1. The first kappa shape index (κ1) is 15.9. The molecule has 1 aliphatic carbocycles. The van der Waals surface area contributed by atoms with Gasteiger partial charge in [-0.25, -0.2) is 4.98 Å². The predicted octanol–water partition coefficient (Wildman–Crippen LogP) is 0.961. The van der Waals surface area contributed by atoms with Crippen molar-refractivity contribution in [1.82, 2.24) is 14.8 Å². The summed E-state index contributed by atoms with van der Waals surface area (Å²) in [5.41, 5.74) is 0.520. The van der Waals surface area contributed by atoms with Crippen LogP contribution in [0.1, 0.15) is 34.8 Å². The smallest absolute Gasteiger partial charge is 0.273 e. The Hall–Kier alpha value is -1.02. The van der Waals surface area contributed by atoms with Crippen LogP contribution in [0.15, 0.2) is 5.38 Å². The Morgan fingerprint density at radius 3 is 2.82 bits per heavy atom. The minimum atomic E-state index is -0.197. The zero-order valence-corrected chi connectivity index (χ0v) is 13.7. The van der Waals surface area contributed by atoms with Gasteiger partial charge in [-0.1, -0.05) is 0 Å². The molecule has 2 unspecified atom stereocenters. The molecule has 1 saturated carbocycles. The number of piperazine rings is 1. The number of amides is 1. The summed E-state index contributed by atoms with van der Waals surface area (Å²) >= 11 is 1.46. The molecule has 0 aromatic carbocycles. The number of aromatic nitrogens is 1. The van der Waals surface area contributed by atoms with E-state index >= 15 is 0 Å². The Morgan fingerprint density at radius 1 is 1.41 bits per heavy atom. The maximum Gasteiger partial charge on any atom is 0.273 e. The highest BCUT2D eigenvalue weighted by molar-refractivity contribution is 7.09. The molecule has 22 heavy (non-hydrogen) atoms. The lowest BCUT2D eigenvalue weighted by Gasteiger charge is -2.38. The van der Waals surface area contributed by atoms with Gasteiger partial charge in [0.2, 0.25) is 0 Å². The van der Waals surface area contributed by atoms with Crippen molar-refractivity contribution >= 4 is 17.2 Å². The number of aliphatic hydroxyl groups is 1. The van der Waals surface area contributed by atoms with E-state index in [1.165, 1.54) is 11.3 Å². The summed E-state index contributed by atoms with van der Waals surface area (Å²) in [4.78, 5) is 21.0. The van der Waals surface area contributed by atoms with Crippen LogP contribution < -0.4 is 0 Å². The van der Waals surface area contributed by atoms with Crippen LogP contribution in [0, 0.1) is 0 Å². The molecule has 0 spiro atoms. The first-order valence-corrected chi connectivity index (χ1v) is 8.71. The standard InChI is InChI=1S/C15H23N3O3S/c1-21-9-14-16-11(10-22-14)15(20)18-7-5-17(6-8-18)12-3-2-4-13(12)19/h10,12-13,19H,2-9H2,1H3. The molecule has 1 saturated heterocycles. The fourth-order valence-corrected chi connectivity index (χ4v) is 4.10. The van der Waals surface area contributed by atoms with E-state index in [-0.39, 0.29) is 18.1 Å². The van der Waals surface area contributed by atoms with Crippen LogP contribution in [-0.4, -0.2) is 71.2 Å². The van der Waals surface area contributed by atoms with E-state index in [0.717, 1.165) is 37.4 Å². The van der Waals surface area contributed by atoms with Gasteiger partial charge < -0.3 is 14.7 Å². The highest BCUT2D eigenvalue weighted by atomic mass is 32.1. The van der Waals surface area contributed by atoms with Crippen molar-refractivity contribution in [2.45, 2.75) is 38.0 Å². The maximum atomic E-state index is 12.5. The second-order valence-electron chi connectivity index (χ2n) is 5.95. The number of aliphatic hydroxyl groups excluding tert-OH is 1. The Labute approximate surface area is 134 Å². The van der Waals surface area contributed by atoms with Gasteiger partial charge in [0.1, 0.15) is 10.7 Å². The molecule has 7 heteroatoms. The monoisotopic (exact) mass is 325 g/mol. The van der Waals surface area contributed by atoms with Crippen molar-refractivity contribution in [3.8, 4) is 0 Å². The Bertz CT molecular complexity index is 514. The van der Waals surface area contributed by atoms with E-state index in [0.29, 0.717) is 25.4 Å². The van der Waals surface area contributed by atoms with Gasteiger partial charge in [0, 0.05) is 44.7 Å². The van der Waals surface area contributed by atoms with Crippen LogP contribution in [0.3, 0.4) is 0 Å². The first-order valence-electron chi connectivity index (χ1n) is 7.84. The average molecular weight is 325 g/mol. The summed E-state index contributed by atoms with van der Waals surface area (Å²) < 4.78 is 5.04. The molecule has 1 amide bonds. The molecular formula is C15H23N3O3S. The lowest BCUT2D eigenvalue weighted by atomic mass is 10.1. The number of hydrogen-bond acceptors (Lipinski definition) is 6. The molecule has 0 radical (unpaired) electrons. The van der Waals surface area contributed by atoms with E-state index in [4.69, 9.17) is 4.74 Å². The fourth-order valence-electron chi connectivity index (χ4n) is 3.36. The molecule has 1 N–H and O–H groups in total. The van der Waals surface area contributed by atoms with Gasteiger partial charge in [-0.15, -0.1) is 11.3 Å². The van der Waals surface area contributed by atoms with Crippen molar-refractivity contribution in [2.75, 3.05) is 33.3 Å². The fraction of sp³-hybridized carbons (Fsp3) is 0.733. The maximum absolute atomic E-state index is 12.5. The van der Waals surface area contributed by atoms with E-state index in [1.807, 2.05) is 10.3 Å². The summed E-state index contributed by atoms with van der Waals surface area (Å²) in [5, 5.41) is 12.6. The van der Waals surface area contributed by atoms with Gasteiger partial charge >= 0.3 is 0 Å². The Morgan fingerprint density at radius 2 is 2.18 bits per heavy atom. The summed E-state index contributed by atoms with van der Waals surface area (Å²) in [6, 6.07) is 0.282. The number of rotatable bonds is 4. The molecule has 1 aromatic rings. The van der Waals surface area contributed by atoms with Crippen LogP contribution >= 0.6 is 11.3 Å². The van der Waals surface area contributed by atoms with E-state index in [2.05, 4.69) is 9.88 Å². The highest BCUT2D eigenvalue weighted by Gasteiger charge is 2.33. The largest absolute Gasteiger partial charge is 0.391 e. The van der Waals surface area contributed by atoms with Crippen LogP contribution in [0.5, 0.6) is 0 Å². The highest BCUT2D eigenvalue weighted by Crippen LogP contribution is 2.25. The van der Waals surface area contributed by atoms with Crippen molar-refractivity contribution in [2.24, 2.45) is 0 Å². The molecule has 1 aromatic heterocycles. The third-order valence-corrected chi connectivity index (χ3v) is 5.38. The molecule has 2 heterocycles. The predicted molar refractivity (Wildman–Crippen MR) is 83.9 cm³/mol. The number of thiazole rings is 1. The van der Waals surface area contributed by atoms with Gasteiger partial charge in [0.15, 0.2) is 0 Å². The Balaban J connectivity index is 1.55. The minimum Gasteiger partial charge on any atom is -0.391 e. The number of carbonyl (C=O) groups excluding carboxylic acids is 1. The van der Waals surface area contributed by atoms with Gasteiger partial charge in [0.05, 0.1) is 12.7 Å². The summed E-state index contributed by atoms with van der Waals surface area (Å²) in [6.45, 7) is 3.54. The van der Waals surface area contributed by atoms with Crippen molar-refractivity contribution in [3.63, 3.8) is 0 Å². The quantitative estimate of drug-likeness (QED) is 0.893. The molecule has 2 atom stereocenters. The van der Waals surface area contributed by atoms with Crippen LogP contribution in [0.4, 0.5) is 0 Å². The van der Waals surface area contributed by atoms with Crippen molar-refractivity contribution in [1.29, 1.82) is 0 Å². The van der Waals surface area contributed by atoms with E-state index in [9.17, 15) is 9.90 Å². The normalized spacial score (nSPS) is 26.5. The number of hydrogen-bond donors (Lipinski definition) is 1. The molecule has 122 valence electrons. The minimum absolute atomic E-state index is 0.00484. The number of nitrogens with zero attached hydrogens (tertiary/aromatic N) is 3. The van der Waals surface area contributed by atoms with Gasteiger partial charge in [-0.3, -0.25) is 9.69 Å². The third-order valence-electron chi connectivity index (χ3n) is 4.55. The zero-order valence-electron chi connectivity index (χ0n) is 12.9. The van der Waals surface area contributed by atoms with Crippen LogP contribution in [0.2, 0.25) is 0 Å². The zero-order chi connectivity index (χ0) is 15.5. The lowest BCUT2D eigenvalue weighted by molar-refractivity contribution is 0.0313. The third kappa shape index (κ3) is 3.32. The van der Waals surface area contributed by atoms with E-state index in [1.54, 1.807) is 7.11 Å². The number of ether oxygens (including phenoxy) is 1. The topological polar surface area (TPSA) is 65.9 Å². The molecule has 6 nitrogen and oxygen atoms in total. The summed E-state index contributed by atoms with van der Waals surface area (Å²) in [6.07, 6.45) is 2.89. The van der Waals surface area contributed by atoms with Crippen LogP contribution in [0.25, 0.3) is 0 Å². The first-order chi connectivity index (χ1) is 10.7. The molecule has 3 rings (SSSR count). The van der Waals surface area contributed by atoms with Crippen LogP contribution in [-0.2, 0) is 11.3 Å². The molecule has 0 bridgehead atoms. The molecule has 2 aliphatic rings. The van der Waals surface area contributed by atoms with Gasteiger partial charge in [0.25, 0.3) is 5.91 Å². The van der Waals surface area contributed by atoms with Gasteiger partial charge in [-0.05, 0) is 19.3 Å². The number of carbonyl (C=O) groups is 1. The van der Waals surface area contributed by atoms with Gasteiger partial charge in [-0.2, -0.15) is 0 Å². The lowest BCUT2D eigenvalue weighted by Crippen LogP contribution is -2.53. The molecule has 2 fully saturated rings. The van der Waals surface area contributed by atoms with Crippen molar-refractivity contribution in [3.05, 3.63) is 16.1 Å². The van der Waals surface area contributed by atoms with E-state index < -0.39 is 0 Å². The van der Waals surface area contributed by atoms with Crippen molar-refractivity contribution < 1.29 is 14.6 Å². The number of methoxy groups -OCH3 is 1. The second kappa shape index (κ2) is 7.04. The summed E-state index contributed by atoms with van der Waals surface area (Å²) in [5.74, 6) is 0.00484. The molecule has 1 aliphatic heterocycles. The summed E-state index contributed by atoms with van der Waals surface area (Å²) in [7, 11) is 1.62. The molecular weight excluding hydrogens is 302 g/mol. The Kier molecular flexibility index (Phi) is 5.07.